The van der Waals surface area contributed by atoms with E-state index < -0.39 is 6.10 Å². The number of carbonyl (C=O) groups excluding carboxylic acids is 1. The first-order chi connectivity index (χ1) is 14.1. The maximum atomic E-state index is 12.7. The summed E-state index contributed by atoms with van der Waals surface area (Å²) in [5, 5.41) is 4.04. The van der Waals surface area contributed by atoms with E-state index in [2.05, 4.69) is 22.4 Å². The molecule has 0 spiro atoms. The van der Waals surface area contributed by atoms with Crippen LogP contribution in [0.4, 0.5) is 5.13 Å². The van der Waals surface area contributed by atoms with Crippen molar-refractivity contribution >= 4 is 44.2 Å². The average molecular weight is 423 g/mol. The highest BCUT2D eigenvalue weighted by molar-refractivity contribution is 7.22. The van der Waals surface area contributed by atoms with Crippen LogP contribution in [0.3, 0.4) is 0 Å². The van der Waals surface area contributed by atoms with Crippen LogP contribution in [0.1, 0.15) is 13.3 Å². The molecule has 3 aromatic carbocycles. The molecule has 1 aromatic heterocycles. The number of ether oxygens (including phenoxy) is 1. The summed E-state index contributed by atoms with van der Waals surface area (Å²) in [6, 6.07) is 23.3. The minimum absolute atomic E-state index is 0.218. The maximum Gasteiger partial charge on any atom is 0.267 e. The number of aromatic nitrogens is 1. The molecule has 1 unspecified atom stereocenters. The largest absolute Gasteiger partial charge is 0.481 e. The topological polar surface area (TPSA) is 51.2 Å². The number of amides is 1. The first-order valence-corrected chi connectivity index (χ1v) is 10.5. The Bertz CT molecular complexity index is 1130. The van der Waals surface area contributed by atoms with Gasteiger partial charge in [0, 0.05) is 5.02 Å². The van der Waals surface area contributed by atoms with Crippen molar-refractivity contribution in [2.24, 2.45) is 0 Å². The Morgan fingerprint density at radius 3 is 2.52 bits per heavy atom. The van der Waals surface area contributed by atoms with Gasteiger partial charge < -0.3 is 4.74 Å². The van der Waals surface area contributed by atoms with Gasteiger partial charge in [-0.25, -0.2) is 4.98 Å². The summed E-state index contributed by atoms with van der Waals surface area (Å²) in [6.45, 7) is 1.92. The summed E-state index contributed by atoms with van der Waals surface area (Å²) < 4.78 is 6.85. The van der Waals surface area contributed by atoms with Crippen LogP contribution in [0.5, 0.6) is 5.75 Å². The third kappa shape index (κ3) is 4.58. The molecule has 4 rings (SSSR count). The normalized spacial score (nSPS) is 11.9. The molecular weight excluding hydrogens is 404 g/mol. The molecule has 146 valence electrons. The van der Waals surface area contributed by atoms with E-state index in [9.17, 15) is 4.79 Å². The number of benzene rings is 3. The molecule has 4 aromatic rings. The van der Waals surface area contributed by atoms with Crippen molar-refractivity contribution in [2.45, 2.75) is 19.4 Å². The van der Waals surface area contributed by atoms with Gasteiger partial charge in [0.1, 0.15) is 5.75 Å². The van der Waals surface area contributed by atoms with Crippen LogP contribution in [-0.4, -0.2) is 17.0 Å². The standard InChI is InChI=1S/C23H19ClN2O2S/c1-2-20(22(27)26-23-25-19-13-10-17(24)14-21(19)29-23)28-18-11-8-16(9-12-18)15-6-4-3-5-7-15/h3-14,20H,2H2,1H3,(H,25,26,27). The Kier molecular flexibility index (Phi) is 5.79. The average Bonchev–Trinajstić information content (AvgIpc) is 3.14. The molecule has 6 heteroatoms. The Morgan fingerprint density at radius 2 is 1.79 bits per heavy atom. The second-order valence-electron chi connectivity index (χ2n) is 6.53. The summed E-state index contributed by atoms with van der Waals surface area (Å²) in [5.74, 6) is 0.438. The van der Waals surface area contributed by atoms with E-state index in [1.165, 1.54) is 11.3 Å². The number of halogens is 1. The molecule has 0 fully saturated rings. The lowest BCUT2D eigenvalue weighted by atomic mass is 10.1. The van der Waals surface area contributed by atoms with Crippen LogP contribution in [0.25, 0.3) is 21.3 Å². The summed E-state index contributed by atoms with van der Waals surface area (Å²) in [4.78, 5) is 17.1. The predicted octanol–water partition coefficient (Wildman–Crippen LogP) is 6.41. The highest BCUT2D eigenvalue weighted by Gasteiger charge is 2.20. The smallest absolute Gasteiger partial charge is 0.267 e. The lowest BCUT2D eigenvalue weighted by Gasteiger charge is -2.16. The SMILES string of the molecule is CCC(Oc1ccc(-c2ccccc2)cc1)C(=O)Nc1nc2ccc(Cl)cc2s1. The van der Waals surface area contributed by atoms with Gasteiger partial charge in [0.2, 0.25) is 0 Å². The van der Waals surface area contributed by atoms with Crippen molar-refractivity contribution in [3.63, 3.8) is 0 Å². The summed E-state index contributed by atoms with van der Waals surface area (Å²) in [6.07, 6.45) is -0.0589. The van der Waals surface area contributed by atoms with Gasteiger partial charge in [-0.3, -0.25) is 10.1 Å². The molecule has 0 bridgehead atoms. The Hall–Kier alpha value is -2.89. The van der Waals surface area contributed by atoms with Gasteiger partial charge in [-0.2, -0.15) is 0 Å². The Balaban J connectivity index is 1.44. The second kappa shape index (κ2) is 8.64. The second-order valence-corrected chi connectivity index (χ2v) is 7.99. The minimum Gasteiger partial charge on any atom is -0.481 e. The van der Waals surface area contributed by atoms with Gasteiger partial charge >= 0.3 is 0 Å². The van der Waals surface area contributed by atoms with Crippen LogP contribution < -0.4 is 10.1 Å². The summed E-state index contributed by atoms with van der Waals surface area (Å²) in [5.41, 5.74) is 3.04. The lowest BCUT2D eigenvalue weighted by molar-refractivity contribution is -0.122. The summed E-state index contributed by atoms with van der Waals surface area (Å²) in [7, 11) is 0. The first kappa shape index (κ1) is 19.4. The highest BCUT2D eigenvalue weighted by Crippen LogP contribution is 2.29. The van der Waals surface area contributed by atoms with E-state index in [-0.39, 0.29) is 5.91 Å². The fourth-order valence-electron chi connectivity index (χ4n) is 2.98. The van der Waals surface area contributed by atoms with E-state index in [1.807, 2.05) is 61.5 Å². The Morgan fingerprint density at radius 1 is 1.07 bits per heavy atom. The number of nitrogens with zero attached hydrogens (tertiary/aromatic N) is 1. The monoisotopic (exact) mass is 422 g/mol. The highest BCUT2D eigenvalue weighted by atomic mass is 35.5. The zero-order valence-electron chi connectivity index (χ0n) is 15.8. The van der Waals surface area contributed by atoms with Crippen molar-refractivity contribution in [3.05, 3.63) is 77.8 Å². The maximum absolute atomic E-state index is 12.7. The van der Waals surface area contributed by atoms with Crippen LogP contribution >= 0.6 is 22.9 Å². The molecule has 0 saturated heterocycles. The van der Waals surface area contributed by atoms with Gasteiger partial charge in [0.15, 0.2) is 11.2 Å². The fraction of sp³-hybridized carbons (Fsp3) is 0.130. The number of carbonyl (C=O) groups is 1. The van der Waals surface area contributed by atoms with Crippen LogP contribution in [-0.2, 0) is 4.79 Å². The zero-order valence-corrected chi connectivity index (χ0v) is 17.3. The molecule has 0 aliphatic rings. The van der Waals surface area contributed by atoms with Crippen molar-refractivity contribution in [1.29, 1.82) is 0 Å². The number of nitrogens with one attached hydrogen (secondary N) is 1. The molecule has 1 N–H and O–H groups in total. The van der Waals surface area contributed by atoms with E-state index in [4.69, 9.17) is 16.3 Å². The molecule has 1 heterocycles. The van der Waals surface area contributed by atoms with Crippen molar-refractivity contribution in [3.8, 4) is 16.9 Å². The first-order valence-electron chi connectivity index (χ1n) is 9.31. The van der Waals surface area contributed by atoms with E-state index in [0.29, 0.717) is 22.3 Å². The van der Waals surface area contributed by atoms with E-state index >= 15 is 0 Å². The minimum atomic E-state index is -0.604. The fourth-order valence-corrected chi connectivity index (χ4v) is 4.13. The molecule has 1 amide bonds. The molecule has 4 nitrogen and oxygen atoms in total. The molecule has 0 saturated carbocycles. The molecular formula is C23H19ClN2O2S. The molecule has 1 atom stereocenters. The van der Waals surface area contributed by atoms with Crippen molar-refractivity contribution in [1.82, 2.24) is 4.98 Å². The van der Waals surface area contributed by atoms with E-state index in [0.717, 1.165) is 21.3 Å². The number of hydrogen-bond donors (Lipinski definition) is 1. The molecule has 0 aliphatic heterocycles. The van der Waals surface area contributed by atoms with Crippen LogP contribution in [0.2, 0.25) is 5.02 Å². The number of anilines is 1. The lowest BCUT2D eigenvalue weighted by Crippen LogP contribution is -2.32. The summed E-state index contributed by atoms with van der Waals surface area (Å²) >= 11 is 7.41. The van der Waals surface area contributed by atoms with E-state index in [1.54, 1.807) is 6.07 Å². The number of fused-ring (bicyclic) bond motifs is 1. The Labute approximate surface area is 178 Å². The molecule has 0 radical (unpaired) electrons. The zero-order chi connectivity index (χ0) is 20.2. The van der Waals surface area contributed by atoms with Crippen molar-refractivity contribution < 1.29 is 9.53 Å². The van der Waals surface area contributed by atoms with Gasteiger partial charge in [-0.05, 0) is 47.9 Å². The number of rotatable bonds is 6. The molecule has 0 aliphatic carbocycles. The van der Waals surface area contributed by atoms with Crippen molar-refractivity contribution in [2.75, 3.05) is 5.32 Å². The van der Waals surface area contributed by atoms with Gasteiger partial charge in [-0.15, -0.1) is 0 Å². The van der Waals surface area contributed by atoms with Crippen LogP contribution in [0, 0.1) is 0 Å². The predicted molar refractivity (Wildman–Crippen MR) is 120 cm³/mol. The third-order valence-corrected chi connectivity index (χ3v) is 5.65. The van der Waals surface area contributed by atoms with Gasteiger partial charge in [0.05, 0.1) is 10.2 Å². The van der Waals surface area contributed by atoms with Gasteiger partial charge in [0.25, 0.3) is 5.91 Å². The molecule has 29 heavy (non-hydrogen) atoms. The van der Waals surface area contributed by atoms with Gasteiger partial charge in [-0.1, -0.05) is 72.3 Å². The number of hydrogen-bond acceptors (Lipinski definition) is 4. The third-order valence-electron chi connectivity index (χ3n) is 4.48. The number of thiazole rings is 1. The quantitative estimate of drug-likeness (QED) is 0.390. The van der Waals surface area contributed by atoms with Crippen LogP contribution in [0.15, 0.2) is 72.8 Å².